The molecule has 1 aromatic heterocycles. The van der Waals surface area contributed by atoms with Crippen LogP contribution in [0.5, 0.6) is 0 Å². The van der Waals surface area contributed by atoms with E-state index in [0.717, 1.165) is 0 Å². The Morgan fingerprint density at radius 1 is 1.11 bits per heavy atom. The highest BCUT2D eigenvalue weighted by Crippen LogP contribution is 2.16. The average Bonchev–Trinajstić information content (AvgIpc) is 2.32. The number of halogens is 2. The highest BCUT2D eigenvalue weighted by atomic mass is 79.9. The summed E-state index contributed by atoms with van der Waals surface area (Å²) in [7, 11) is -3.50. The highest BCUT2D eigenvalue weighted by Gasteiger charge is 2.16. The Kier molecular flexibility index (Phi) is 3.77. The lowest BCUT2D eigenvalue weighted by Crippen LogP contribution is -2.06. The van der Waals surface area contributed by atoms with Crippen LogP contribution < -0.4 is 0 Å². The summed E-state index contributed by atoms with van der Waals surface area (Å²) in [5.74, 6) is -0.583. The van der Waals surface area contributed by atoms with Crippen molar-refractivity contribution in [1.82, 2.24) is 4.98 Å². The first-order valence-corrected chi connectivity index (χ1v) is 7.51. The zero-order valence-electron chi connectivity index (χ0n) is 9.18. The first kappa shape index (κ1) is 13.2. The summed E-state index contributed by atoms with van der Waals surface area (Å²) in [5.41, 5.74) is 0.529. The maximum Gasteiger partial charge on any atom is 0.199 e. The van der Waals surface area contributed by atoms with Gasteiger partial charge in [-0.1, -0.05) is 12.1 Å². The Labute approximate surface area is 113 Å². The van der Waals surface area contributed by atoms with E-state index in [2.05, 4.69) is 20.9 Å². The fraction of sp³-hybridized carbons (Fsp3) is 0.0833. The molecule has 3 nitrogen and oxygen atoms in total. The third-order valence-corrected chi connectivity index (χ3v) is 4.35. The van der Waals surface area contributed by atoms with E-state index >= 15 is 0 Å². The van der Waals surface area contributed by atoms with E-state index in [1.165, 1.54) is 36.5 Å². The summed E-state index contributed by atoms with van der Waals surface area (Å²) in [5, 5.41) is 0.00928. The van der Waals surface area contributed by atoms with E-state index in [4.69, 9.17) is 0 Å². The van der Waals surface area contributed by atoms with Crippen LogP contribution >= 0.6 is 15.9 Å². The van der Waals surface area contributed by atoms with Gasteiger partial charge in [-0.15, -0.1) is 0 Å². The van der Waals surface area contributed by atoms with Gasteiger partial charge < -0.3 is 0 Å². The quantitative estimate of drug-likeness (QED) is 0.869. The minimum atomic E-state index is -3.50. The van der Waals surface area contributed by atoms with Gasteiger partial charge in [-0.25, -0.2) is 17.8 Å². The van der Waals surface area contributed by atoms with Crippen LogP contribution in [0.4, 0.5) is 4.39 Å². The van der Waals surface area contributed by atoms with Crippen molar-refractivity contribution in [2.75, 3.05) is 0 Å². The summed E-state index contributed by atoms with van der Waals surface area (Å²) >= 11 is 3.19. The number of sulfone groups is 1. The molecule has 1 aromatic carbocycles. The smallest absolute Gasteiger partial charge is 0.199 e. The Bertz CT molecular complexity index is 639. The van der Waals surface area contributed by atoms with Gasteiger partial charge in [0.25, 0.3) is 0 Å². The van der Waals surface area contributed by atoms with Crippen LogP contribution in [-0.2, 0) is 15.6 Å². The van der Waals surface area contributed by atoms with Crippen molar-refractivity contribution in [3.05, 3.63) is 58.4 Å². The number of rotatable bonds is 3. The lowest BCUT2D eigenvalue weighted by molar-refractivity contribution is 0.591. The molecule has 2 aromatic rings. The molecule has 18 heavy (non-hydrogen) atoms. The molecule has 0 bridgehead atoms. The number of aromatic nitrogens is 1. The van der Waals surface area contributed by atoms with Crippen LogP contribution in [0.25, 0.3) is 0 Å². The Hall–Kier alpha value is -1.27. The standard InChI is InChI=1S/C12H9BrFNO2S/c13-10-3-6-12(15-7-10)18(16,17)8-9-1-4-11(14)5-2-9/h1-7H,8H2. The first-order valence-electron chi connectivity index (χ1n) is 5.06. The fourth-order valence-corrected chi connectivity index (χ4v) is 2.92. The molecule has 2 rings (SSSR count). The Morgan fingerprint density at radius 2 is 1.78 bits per heavy atom. The topological polar surface area (TPSA) is 47.0 Å². The third kappa shape index (κ3) is 3.14. The van der Waals surface area contributed by atoms with Crippen molar-refractivity contribution in [3.8, 4) is 0 Å². The molecule has 0 saturated heterocycles. The zero-order valence-corrected chi connectivity index (χ0v) is 11.6. The van der Waals surface area contributed by atoms with E-state index < -0.39 is 15.7 Å². The molecule has 0 unspecified atom stereocenters. The average molecular weight is 330 g/mol. The molecule has 94 valence electrons. The molecule has 0 N–H and O–H groups in total. The summed E-state index contributed by atoms with van der Waals surface area (Å²) < 4.78 is 37.5. The zero-order chi connectivity index (χ0) is 13.2. The summed E-state index contributed by atoms with van der Waals surface area (Å²) in [6.45, 7) is 0. The normalized spacial score (nSPS) is 11.4. The van der Waals surface area contributed by atoms with Crippen LogP contribution in [0, 0.1) is 5.82 Å². The molecule has 0 radical (unpaired) electrons. The molecule has 0 amide bonds. The lowest BCUT2D eigenvalue weighted by atomic mass is 10.2. The highest BCUT2D eigenvalue weighted by molar-refractivity contribution is 9.10. The van der Waals surface area contributed by atoms with Crippen LogP contribution in [0.15, 0.2) is 52.1 Å². The molecular formula is C12H9BrFNO2S. The lowest BCUT2D eigenvalue weighted by Gasteiger charge is -2.04. The van der Waals surface area contributed by atoms with E-state index in [1.807, 2.05) is 0 Å². The van der Waals surface area contributed by atoms with E-state index in [9.17, 15) is 12.8 Å². The molecule has 6 heteroatoms. The number of benzene rings is 1. The van der Waals surface area contributed by atoms with Gasteiger partial charge in [0, 0.05) is 10.7 Å². The predicted octanol–water partition coefficient (Wildman–Crippen LogP) is 2.96. The molecule has 0 aliphatic carbocycles. The summed E-state index contributed by atoms with van der Waals surface area (Å²) in [6, 6.07) is 8.42. The fourth-order valence-electron chi connectivity index (χ4n) is 1.42. The van der Waals surface area contributed by atoms with Gasteiger partial charge in [0.15, 0.2) is 14.9 Å². The SMILES string of the molecule is O=S(=O)(Cc1ccc(F)cc1)c1ccc(Br)cn1. The van der Waals surface area contributed by atoms with Gasteiger partial charge >= 0.3 is 0 Å². The molecule has 0 aliphatic rings. The van der Waals surface area contributed by atoms with Gasteiger partial charge in [-0.2, -0.15) is 0 Å². The van der Waals surface area contributed by atoms with Gasteiger partial charge in [0.2, 0.25) is 0 Å². The maximum absolute atomic E-state index is 12.7. The van der Waals surface area contributed by atoms with E-state index in [1.54, 1.807) is 6.07 Å². The molecule has 0 aliphatic heterocycles. The van der Waals surface area contributed by atoms with Crippen molar-refractivity contribution in [1.29, 1.82) is 0 Å². The van der Waals surface area contributed by atoms with Crippen LogP contribution in [-0.4, -0.2) is 13.4 Å². The van der Waals surface area contributed by atoms with Crippen LogP contribution in [0.3, 0.4) is 0 Å². The van der Waals surface area contributed by atoms with Crippen molar-refractivity contribution in [2.45, 2.75) is 10.8 Å². The molecule has 0 fully saturated rings. The third-order valence-electron chi connectivity index (χ3n) is 2.29. The largest absolute Gasteiger partial charge is 0.244 e. The van der Waals surface area contributed by atoms with Crippen molar-refractivity contribution < 1.29 is 12.8 Å². The maximum atomic E-state index is 12.7. The molecular weight excluding hydrogens is 321 g/mol. The number of hydrogen-bond acceptors (Lipinski definition) is 3. The monoisotopic (exact) mass is 329 g/mol. The number of pyridine rings is 1. The van der Waals surface area contributed by atoms with Crippen molar-refractivity contribution in [2.24, 2.45) is 0 Å². The second-order valence-electron chi connectivity index (χ2n) is 3.70. The van der Waals surface area contributed by atoms with Gasteiger partial charge in [-0.05, 0) is 45.8 Å². The Balaban J connectivity index is 2.27. The Morgan fingerprint density at radius 3 is 2.33 bits per heavy atom. The van der Waals surface area contributed by atoms with E-state index in [-0.39, 0.29) is 10.8 Å². The predicted molar refractivity (Wildman–Crippen MR) is 69.2 cm³/mol. The van der Waals surface area contributed by atoms with Crippen LogP contribution in [0.1, 0.15) is 5.56 Å². The second-order valence-corrected chi connectivity index (χ2v) is 6.55. The van der Waals surface area contributed by atoms with Crippen molar-refractivity contribution in [3.63, 3.8) is 0 Å². The van der Waals surface area contributed by atoms with Crippen molar-refractivity contribution >= 4 is 25.8 Å². The summed E-state index contributed by atoms with van der Waals surface area (Å²) in [6.07, 6.45) is 1.43. The minimum Gasteiger partial charge on any atom is -0.244 e. The molecule has 1 heterocycles. The van der Waals surface area contributed by atoms with E-state index in [0.29, 0.717) is 10.0 Å². The second kappa shape index (κ2) is 5.16. The first-order chi connectivity index (χ1) is 8.47. The van der Waals surface area contributed by atoms with Gasteiger partial charge in [0.1, 0.15) is 5.82 Å². The molecule has 0 atom stereocenters. The molecule has 0 saturated carbocycles. The van der Waals surface area contributed by atoms with Gasteiger partial charge in [0.05, 0.1) is 5.75 Å². The minimum absolute atomic E-state index is 0.00928. The number of hydrogen-bond donors (Lipinski definition) is 0. The van der Waals surface area contributed by atoms with Crippen LogP contribution in [0.2, 0.25) is 0 Å². The van der Waals surface area contributed by atoms with Gasteiger partial charge in [-0.3, -0.25) is 0 Å². The number of nitrogens with zero attached hydrogens (tertiary/aromatic N) is 1. The summed E-state index contributed by atoms with van der Waals surface area (Å²) in [4.78, 5) is 3.85. The molecule has 0 spiro atoms.